The Labute approximate surface area is 144 Å². The Kier molecular flexibility index (Phi) is 6.27. The van der Waals surface area contributed by atoms with Crippen LogP contribution in [0.3, 0.4) is 0 Å². The molecule has 2 aromatic carbocycles. The van der Waals surface area contributed by atoms with Crippen molar-refractivity contribution in [3.05, 3.63) is 47.5 Å². The van der Waals surface area contributed by atoms with E-state index >= 15 is 0 Å². The molecule has 0 bridgehead atoms. The molecule has 0 aliphatic heterocycles. The molecule has 0 saturated heterocycles. The van der Waals surface area contributed by atoms with E-state index < -0.39 is 11.7 Å². The fraction of sp³-hybridized carbons (Fsp3) is 0.333. The number of rotatable bonds is 7. The van der Waals surface area contributed by atoms with Crippen LogP contribution in [-0.2, 0) is 17.6 Å². The molecule has 4 nitrogen and oxygen atoms in total. The summed E-state index contributed by atoms with van der Waals surface area (Å²) in [6.07, 6.45) is -3.74. The fourth-order valence-corrected chi connectivity index (χ4v) is 2.41. The number of methoxy groups -OCH3 is 1. The lowest BCUT2D eigenvalue weighted by Gasteiger charge is -2.17. The molecule has 0 saturated carbocycles. The molecular weight excluding hydrogens is 335 g/mol. The summed E-state index contributed by atoms with van der Waals surface area (Å²) in [5, 5.41) is 0. The summed E-state index contributed by atoms with van der Waals surface area (Å²) in [5.41, 5.74) is 0.342. The normalized spacial score (nSPS) is 11.4. The van der Waals surface area contributed by atoms with E-state index in [4.69, 9.17) is 15.4 Å². The zero-order valence-corrected chi connectivity index (χ0v) is 14.0. The molecule has 2 N–H and O–H groups in total. The van der Waals surface area contributed by atoms with Crippen LogP contribution in [0.1, 0.15) is 24.5 Å². The molecule has 0 radical (unpaired) electrons. The SMILES string of the molecule is CCCOc1cc(-c2ccc(OC)cc2C(F)(F)F)ccc1CON. The molecule has 0 aliphatic rings. The van der Waals surface area contributed by atoms with Gasteiger partial charge in [-0.1, -0.05) is 25.1 Å². The molecule has 136 valence electrons. The number of ether oxygens (including phenoxy) is 2. The quantitative estimate of drug-likeness (QED) is 0.740. The highest BCUT2D eigenvalue weighted by Gasteiger charge is 2.34. The zero-order valence-electron chi connectivity index (χ0n) is 14.0. The van der Waals surface area contributed by atoms with Crippen molar-refractivity contribution in [3.8, 4) is 22.6 Å². The van der Waals surface area contributed by atoms with Gasteiger partial charge in [-0.25, -0.2) is 5.90 Å². The third-order valence-corrected chi connectivity index (χ3v) is 3.61. The molecular formula is C18H20F3NO3. The van der Waals surface area contributed by atoms with Gasteiger partial charge in [0.25, 0.3) is 0 Å². The molecule has 0 aromatic heterocycles. The van der Waals surface area contributed by atoms with Gasteiger partial charge in [-0.3, -0.25) is 4.84 Å². The average Bonchev–Trinajstić information content (AvgIpc) is 2.59. The van der Waals surface area contributed by atoms with Crippen LogP contribution >= 0.6 is 0 Å². The van der Waals surface area contributed by atoms with E-state index in [-0.39, 0.29) is 17.9 Å². The minimum absolute atomic E-state index is 0.0508. The molecule has 0 atom stereocenters. The van der Waals surface area contributed by atoms with Gasteiger partial charge >= 0.3 is 6.18 Å². The van der Waals surface area contributed by atoms with E-state index in [1.165, 1.54) is 19.2 Å². The number of halogens is 3. The van der Waals surface area contributed by atoms with Crippen molar-refractivity contribution in [3.63, 3.8) is 0 Å². The zero-order chi connectivity index (χ0) is 18.4. The topological polar surface area (TPSA) is 53.7 Å². The van der Waals surface area contributed by atoms with Crippen LogP contribution in [0, 0.1) is 0 Å². The van der Waals surface area contributed by atoms with Gasteiger partial charge in [0.1, 0.15) is 11.5 Å². The Morgan fingerprint density at radius 2 is 1.84 bits per heavy atom. The third-order valence-electron chi connectivity index (χ3n) is 3.61. The lowest BCUT2D eigenvalue weighted by molar-refractivity contribution is -0.137. The van der Waals surface area contributed by atoms with Crippen molar-refractivity contribution < 1.29 is 27.5 Å². The van der Waals surface area contributed by atoms with Gasteiger partial charge in [0.2, 0.25) is 0 Å². The smallest absolute Gasteiger partial charge is 0.417 e. The maximum absolute atomic E-state index is 13.4. The third kappa shape index (κ3) is 4.64. The average molecular weight is 355 g/mol. The first-order valence-electron chi connectivity index (χ1n) is 7.73. The molecule has 0 aliphatic carbocycles. The van der Waals surface area contributed by atoms with Gasteiger partial charge in [0.15, 0.2) is 0 Å². The van der Waals surface area contributed by atoms with E-state index in [9.17, 15) is 13.2 Å². The highest BCUT2D eigenvalue weighted by atomic mass is 19.4. The number of nitrogens with two attached hydrogens (primary N) is 1. The van der Waals surface area contributed by atoms with E-state index in [1.54, 1.807) is 18.2 Å². The first-order valence-corrected chi connectivity index (χ1v) is 7.73. The Bertz CT molecular complexity index is 717. The van der Waals surface area contributed by atoms with Crippen LogP contribution in [0.25, 0.3) is 11.1 Å². The summed E-state index contributed by atoms with van der Waals surface area (Å²) in [6, 6.07) is 8.68. The van der Waals surface area contributed by atoms with Crippen molar-refractivity contribution in [2.75, 3.05) is 13.7 Å². The number of benzene rings is 2. The van der Waals surface area contributed by atoms with Crippen molar-refractivity contribution in [2.45, 2.75) is 26.1 Å². The number of hydrogen-bond acceptors (Lipinski definition) is 4. The van der Waals surface area contributed by atoms with Gasteiger partial charge < -0.3 is 9.47 Å². The summed E-state index contributed by atoms with van der Waals surface area (Å²) in [5.74, 6) is 5.70. The van der Waals surface area contributed by atoms with Crippen molar-refractivity contribution in [2.24, 2.45) is 5.90 Å². The van der Waals surface area contributed by atoms with Gasteiger partial charge in [0, 0.05) is 5.56 Å². The Hall–Kier alpha value is -2.25. The monoisotopic (exact) mass is 355 g/mol. The van der Waals surface area contributed by atoms with Gasteiger partial charge in [-0.05, 0) is 35.7 Å². The molecule has 0 spiro atoms. The Morgan fingerprint density at radius 1 is 1.08 bits per heavy atom. The number of alkyl halides is 3. The van der Waals surface area contributed by atoms with Crippen molar-refractivity contribution in [1.82, 2.24) is 0 Å². The van der Waals surface area contributed by atoms with E-state index in [1.807, 2.05) is 6.92 Å². The van der Waals surface area contributed by atoms with Gasteiger partial charge in [-0.2, -0.15) is 13.2 Å². The van der Waals surface area contributed by atoms with Crippen LogP contribution in [0.4, 0.5) is 13.2 Å². The summed E-state index contributed by atoms with van der Waals surface area (Å²) in [7, 11) is 1.33. The second-order valence-electron chi connectivity index (χ2n) is 5.39. The standard InChI is InChI=1S/C18H20F3NO3/c1-3-8-24-17-9-12(4-5-13(17)11-25-22)15-7-6-14(23-2)10-16(15)18(19,20)21/h4-7,9-10H,3,8,11,22H2,1-2H3. The maximum atomic E-state index is 13.4. The summed E-state index contributed by atoms with van der Waals surface area (Å²) in [4.78, 5) is 4.63. The molecule has 25 heavy (non-hydrogen) atoms. The lowest BCUT2D eigenvalue weighted by Crippen LogP contribution is -2.08. The van der Waals surface area contributed by atoms with Crippen LogP contribution in [-0.4, -0.2) is 13.7 Å². The molecule has 0 fully saturated rings. The van der Waals surface area contributed by atoms with E-state index in [0.29, 0.717) is 23.5 Å². The maximum Gasteiger partial charge on any atom is 0.417 e. The minimum Gasteiger partial charge on any atom is -0.497 e. The second kappa shape index (κ2) is 8.22. The van der Waals surface area contributed by atoms with Crippen molar-refractivity contribution >= 4 is 0 Å². The molecule has 7 heteroatoms. The molecule has 2 aromatic rings. The Morgan fingerprint density at radius 3 is 2.44 bits per heavy atom. The number of hydrogen-bond donors (Lipinski definition) is 1. The molecule has 0 unspecified atom stereocenters. The minimum atomic E-state index is -4.51. The van der Waals surface area contributed by atoms with Gasteiger partial charge in [-0.15, -0.1) is 0 Å². The Balaban J connectivity index is 2.54. The summed E-state index contributed by atoms with van der Waals surface area (Å²) >= 11 is 0. The highest BCUT2D eigenvalue weighted by molar-refractivity contribution is 5.71. The lowest BCUT2D eigenvalue weighted by atomic mass is 9.97. The summed E-state index contributed by atoms with van der Waals surface area (Å²) in [6.45, 7) is 2.48. The van der Waals surface area contributed by atoms with Crippen LogP contribution in [0.2, 0.25) is 0 Å². The molecule has 0 heterocycles. The largest absolute Gasteiger partial charge is 0.497 e. The van der Waals surface area contributed by atoms with E-state index in [0.717, 1.165) is 12.5 Å². The van der Waals surface area contributed by atoms with Crippen molar-refractivity contribution in [1.29, 1.82) is 0 Å². The van der Waals surface area contributed by atoms with Crippen LogP contribution in [0.5, 0.6) is 11.5 Å². The molecule has 0 amide bonds. The predicted molar refractivity (Wildman–Crippen MR) is 88.2 cm³/mol. The highest BCUT2D eigenvalue weighted by Crippen LogP contribution is 2.40. The fourth-order valence-electron chi connectivity index (χ4n) is 2.41. The first-order chi connectivity index (χ1) is 11.9. The van der Waals surface area contributed by atoms with Crippen LogP contribution < -0.4 is 15.4 Å². The first kappa shape index (κ1) is 19.1. The molecule has 2 rings (SSSR count). The van der Waals surface area contributed by atoms with E-state index in [2.05, 4.69) is 4.84 Å². The van der Waals surface area contributed by atoms with Gasteiger partial charge in [0.05, 0.1) is 25.9 Å². The predicted octanol–water partition coefficient (Wildman–Crippen LogP) is 4.56. The van der Waals surface area contributed by atoms with Crippen LogP contribution in [0.15, 0.2) is 36.4 Å². The second-order valence-corrected chi connectivity index (χ2v) is 5.39. The summed E-state index contributed by atoms with van der Waals surface area (Å²) < 4.78 is 50.8.